The second-order valence-corrected chi connectivity index (χ2v) is 8.05. The summed E-state index contributed by atoms with van der Waals surface area (Å²) in [5.41, 5.74) is 2.20. The Morgan fingerprint density at radius 3 is 2.60 bits per heavy atom. The minimum Gasteiger partial charge on any atom is -0.444 e. The van der Waals surface area contributed by atoms with E-state index in [0.717, 1.165) is 11.1 Å². The SMILES string of the molecule is CC(C)c1cc(NS(=O)(=O)c2cccc(Cl)c2)cc(-c2cnco2)c1. The first-order valence-electron chi connectivity index (χ1n) is 7.67. The third-order valence-corrected chi connectivity index (χ3v) is 5.31. The Bertz CT molecular complexity index is 983. The van der Waals surface area contributed by atoms with Crippen molar-refractivity contribution in [3.8, 4) is 11.3 Å². The van der Waals surface area contributed by atoms with E-state index >= 15 is 0 Å². The van der Waals surface area contributed by atoms with Gasteiger partial charge in [0, 0.05) is 16.3 Å². The summed E-state index contributed by atoms with van der Waals surface area (Å²) in [6.45, 7) is 4.07. The minimum atomic E-state index is -3.74. The summed E-state index contributed by atoms with van der Waals surface area (Å²) in [5.74, 6) is 0.794. The Morgan fingerprint density at radius 1 is 1.16 bits per heavy atom. The van der Waals surface area contributed by atoms with E-state index in [-0.39, 0.29) is 10.8 Å². The molecule has 1 heterocycles. The smallest absolute Gasteiger partial charge is 0.261 e. The zero-order chi connectivity index (χ0) is 18.0. The molecule has 1 N–H and O–H groups in total. The van der Waals surface area contributed by atoms with Crippen LogP contribution < -0.4 is 4.72 Å². The number of nitrogens with zero attached hydrogens (tertiary/aromatic N) is 1. The fourth-order valence-corrected chi connectivity index (χ4v) is 3.73. The molecule has 25 heavy (non-hydrogen) atoms. The van der Waals surface area contributed by atoms with Crippen molar-refractivity contribution < 1.29 is 12.8 Å². The van der Waals surface area contributed by atoms with Crippen molar-refractivity contribution in [1.29, 1.82) is 0 Å². The minimum absolute atomic E-state index is 0.108. The largest absolute Gasteiger partial charge is 0.444 e. The summed E-state index contributed by atoms with van der Waals surface area (Å²) in [6, 6.07) is 11.6. The lowest BCUT2D eigenvalue weighted by atomic mass is 9.99. The van der Waals surface area contributed by atoms with Crippen molar-refractivity contribution in [1.82, 2.24) is 4.98 Å². The molecule has 0 aliphatic carbocycles. The summed E-state index contributed by atoms with van der Waals surface area (Å²) >= 11 is 5.90. The molecule has 3 aromatic rings. The first-order chi connectivity index (χ1) is 11.8. The Kier molecular flexibility index (Phi) is 4.83. The topological polar surface area (TPSA) is 72.2 Å². The zero-order valence-electron chi connectivity index (χ0n) is 13.7. The number of hydrogen-bond donors (Lipinski definition) is 1. The van der Waals surface area contributed by atoms with E-state index < -0.39 is 10.0 Å². The maximum absolute atomic E-state index is 12.6. The van der Waals surface area contributed by atoms with Crippen molar-refractivity contribution in [2.24, 2.45) is 0 Å². The molecule has 0 saturated heterocycles. The Labute approximate surface area is 151 Å². The lowest BCUT2D eigenvalue weighted by molar-refractivity contribution is 0.572. The molecular formula is C18H17ClN2O3S. The number of sulfonamides is 1. The first-order valence-corrected chi connectivity index (χ1v) is 9.53. The number of hydrogen-bond acceptors (Lipinski definition) is 4. The van der Waals surface area contributed by atoms with Crippen molar-refractivity contribution in [2.45, 2.75) is 24.7 Å². The first kappa shape index (κ1) is 17.5. The molecule has 0 radical (unpaired) electrons. The molecule has 2 aromatic carbocycles. The molecule has 3 rings (SSSR count). The summed E-state index contributed by atoms with van der Waals surface area (Å²) in [5, 5.41) is 0.362. The van der Waals surface area contributed by atoms with Crippen LogP contribution in [0.25, 0.3) is 11.3 Å². The number of halogens is 1. The van der Waals surface area contributed by atoms with Crippen LogP contribution in [-0.2, 0) is 10.0 Å². The van der Waals surface area contributed by atoms with Gasteiger partial charge in [0.15, 0.2) is 12.2 Å². The molecule has 0 spiro atoms. The summed E-state index contributed by atoms with van der Waals surface area (Å²) in [6.07, 6.45) is 2.93. The van der Waals surface area contributed by atoms with Crippen molar-refractivity contribution >= 4 is 27.3 Å². The highest BCUT2D eigenvalue weighted by molar-refractivity contribution is 7.92. The van der Waals surface area contributed by atoms with Gasteiger partial charge in [0.05, 0.1) is 11.1 Å². The van der Waals surface area contributed by atoms with Crippen LogP contribution in [0.2, 0.25) is 5.02 Å². The maximum Gasteiger partial charge on any atom is 0.261 e. The average Bonchev–Trinajstić information content (AvgIpc) is 3.08. The van der Waals surface area contributed by atoms with Gasteiger partial charge in [-0.3, -0.25) is 4.72 Å². The van der Waals surface area contributed by atoms with Crippen LogP contribution in [0.1, 0.15) is 25.3 Å². The van der Waals surface area contributed by atoms with E-state index in [4.69, 9.17) is 16.0 Å². The predicted octanol–water partition coefficient (Wildman–Crippen LogP) is 4.92. The Morgan fingerprint density at radius 2 is 1.96 bits per heavy atom. The van der Waals surface area contributed by atoms with Crippen molar-refractivity contribution in [3.63, 3.8) is 0 Å². The van der Waals surface area contributed by atoms with Gasteiger partial charge in [0.1, 0.15) is 0 Å². The second kappa shape index (κ2) is 6.90. The monoisotopic (exact) mass is 376 g/mol. The second-order valence-electron chi connectivity index (χ2n) is 5.93. The molecule has 0 aliphatic rings. The van der Waals surface area contributed by atoms with Gasteiger partial charge >= 0.3 is 0 Å². The molecule has 0 aliphatic heterocycles. The van der Waals surface area contributed by atoms with Crippen LogP contribution in [0.3, 0.4) is 0 Å². The van der Waals surface area contributed by atoms with Crippen molar-refractivity contribution in [2.75, 3.05) is 4.72 Å². The van der Waals surface area contributed by atoms with Crippen LogP contribution in [0.5, 0.6) is 0 Å². The van der Waals surface area contributed by atoms with E-state index in [1.54, 1.807) is 24.4 Å². The summed E-state index contributed by atoms with van der Waals surface area (Å²) in [4.78, 5) is 4.02. The highest BCUT2D eigenvalue weighted by atomic mass is 35.5. The van der Waals surface area contributed by atoms with E-state index in [1.165, 1.54) is 18.5 Å². The van der Waals surface area contributed by atoms with Gasteiger partial charge in [0.25, 0.3) is 10.0 Å². The fraction of sp³-hybridized carbons (Fsp3) is 0.167. The number of aromatic nitrogens is 1. The lowest BCUT2D eigenvalue weighted by Gasteiger charge is -2.13. The van der Waals surface area contributed by atoms with Crippen LogP contribution in [0.4, 0.5) is 5.69 Å². The quantitative estimate of drug-likeness (QED) is 0.686. The molecule has 5 nitrogen and oxygen atoms in total. The number of rotatable bonds is 5. The molecular weight excluding hydrogens is 360 g/mol. The lowest BCUT2D eigenvalue weighted by Crippen LogP contribution is -2.13. The van der Waals surface area contributed by atoms with E-state index in [0.29, 0.717) is 16.5 Å². The fourth-order valence-electron chi connectivity index (χ4n) is 2.39. The van der Waals surface area contributed by atoms with E-state index in [1.807, 2.05) is 26.0 Å². The molecule has 0 saturated carbocycles. The molecule has 0 bridgehead atoms. The van der Waals surface area contributed by atoms with Gasteiger partial charge in [-0.1, -0.05) is 31.5 Å². The normalized spacial score (nSPS) is 11.7. The number of oxazole rings is 1. The van der Waals surface area contributed by atoms with E-state index in [2.05, 4.69) is 9.71 Å². The van der Waals surface area contributed by atoms with E-state index in [9.17, 15) is 8.42 Å². The average molecular weight is 377 g/mol. The van der Waals surface area contributed by atoms with Crippen LogP contribution in [0, 0.1) is 0 Å². The van der Waals surface area contributed by atoms with Crippen LogP contribution in [0.15, 0.2) is 64.4 Å². The van der Waals surface area contributed by atoms with Gasteiger partial charge in [-0.2, -0.15) is 0 Å². The van der Waals surface area contributed by atoms with Crippen LogP contribution in [-0.4, -0.2) is 13.4 Å². The highest BCUT2D eigenvalue weighted by Gasteiger charge is 2.16. The molecule has 0 atom stereocenters. The number of nitrogens with one attached hydrogen (secondary N) is 1. The van der Waals surface area contributed by atoms with Crippen LogP contribution >= 0.6 is 11.6 Å². The molecule has 0 unspecified atom stereocenters. The molecule has 130 valence electrons. The molecule has 0 fully saturated rings. The van der Waals surface area contributed by atoms with Gasteiger partial charge in [-0.25, -0.2) is 13.4 Å². The summed E-state index contributed by atoms with van der Waals surface area (Å²) < 4.78 is 33.2. The third kappa shape index (κ3) is 4.03. The van der Waals surface area contributed by atoms with Gasteiger partial charge < -0.3 is 4.42 Å². The van der Waals surface area contributed by atoms with Gasteiger partial charge in [0.2, 0.25) is 0 Å². The predicted molar refractivity (Wildman–Crippen MR) is 98.3 cm³/mol. The number of benzene rings is 2. The van der Waals surface area contributed by atoms with Gasteiger partial charge in [-0.15, -0.1) is 0 Å². The van der Waals surface area contributed by atoms with Crippen molar-refractivity contribution in [3.05, 3.63) is 65.6 Å². The Balaban J connectivity index is 2.02. The number of anilines is 1. The molecule has 7 heteroatoms. The molecule has 1 aromatic heterocycles. The maximum atomic E-state index is 12.6. The zero-order valence-corrected chi connectivity index (χ0v) is 15.3. The molecule has 0 amide bonds. The third-order valence-electron chi connectivity index (χ3n) is 3.70. The standard InChI is InChI=1S/C18H17ClN2O3S/c1-12(2)13-6-14(18-10-20-11-24-18)8-16(7-13)21-25(22,23)17-5-3-4-15(19)9-17/h3-12,21H,1-2H3. The van der Waals surface area contributed by atoms with Gasteiger partial charge in [-0.05, 0) is 47.9 Å². The summed E-state index contributed by atoms with van der Waals surface area (Å²) in [7, 11) is -3.74. The Hall–Kier alpha value is -2.31. The highest BCUT2D eigenvalue weighted by Crippen LogP contribution is 2.29.